The molecule has 1 N–H and O–H groups in total. The highest BCUT2D eigenvalue weighted by molar-refractivity contribution is 9.10. The summed E-state index contributed by atoms with van der Waals surface area (Å²) in [5.41, 5.74) is 1.77. The zero-order valence-corrected chi connectivity index (χ0v) is 31.7. The topological polar surface area (TPSA) is 107 Å². The summed E-state index contributed by atoms with van der Waals surface area (Å²) in [6.45, 7) is 5.06. The van der Waals surface area contributed by atoms with Crippen molar-refractivity contribution >= 4 is 54.9 Å². The van der Waals surface area contributed by atoms with E-state index in [4.69, 9.17) is 25.8 Å². The lowest BCUT2D eigenvalue weighted by atomic mass is 9.70. The van der Waals surface area contributed by atoms with Crippen molar-refractivity contribution < 1.29 is 28.0 Å². The van der Waals surface area contributed by atoms with Gasteiger partial charge < -0.3 is 19.1 Å². The van der Waals surface area contributed by atoms with Gasteiger partial charge in [0, 0.05) is 35.3 Å². The van der Waals surface area contributed by atoms with Gasteiger partial charge in [-0.3, -0.25) is 14.3 Å². The highest BCUT2D eigenvalue weighted by Crippen LogP contribution is 2.42. The molecule has 3 aromatic carbocycles. The average Bonchev–Trinajstić information content (AvgIpc) is 3.10. The van der Waals surface area contributed by atoms with Crippen LogP contribution in [0.1, 0.15) is 61.0 Å². The molecule has 2 aliphatic heterocycles. The number of nitrogens with zero attached hydrogens (tertiary/aromatic N) is 2. The quantitative estimate of drug-likeness (QED) is 0.269. The van der Waals surface area contributed by atoms with Crippen molar-refractivity contribution in [1.29, 1.82) is 0 Å². The van der Waals surface area contributed by atoms with Gasteiger partial charge in [-0.05, 0) is 124 Å². The Morgan fingerprint density at radius 3 is 2.62 bits per heavy atom. The van der Waals surface area contributed by atoms with Gasteiger partial charge in [-0.1, -0.05) is 45.7 Å². The van der Waals surface area contributed by atoms with Gasteiger partial charge in [-0.25, -0.2) is 4.21 Å². The van der Waals surface area contributed by atoms with E-state index >= 15 is 4.21 Å². The van der Waals surface area contributed by atoms with E-state index in [1.54, 1.807) is 63.4 Å². The number of fused-ring (bicyclic) bond motifs is 3. The van der Waals surface area contributed by atoms with E-state index in [0.717, 1.165) is 66.5 Å². The van der Waals surface area contributed by atoms with Crippen molar-refractivity contribution in [2.45, 2.75) is 69.2 Å². The number of rotatable bonds is 3. The number of benzene rings is 3. The molecule has 1 aliphatic carbocycles. The molecule has 3 aromatic rings. The molecule has 0 unspecified atom stereocenters. The maximum Gasteiger partial charge on any atom is 0.287 e. The molecule has 3 aliphatic rings. The van der Waals surface area contributed by atoms with Crippen LogP contribution in [0.25, 0.3) is 0 Å². The minimum Gasteiger partial charge on any atom is -0.487 e. The van der Waals surface area contributed by atoms with Gasteiger partial charge in [0.1, 0.15) is 18.0 Å². The van der Waals surface area contributed by atoms with Crippen molar-refractivity contribution in [3.05, 3.63) is 99.0 Å². The second-order valence-electron chi connectivity index (χ2n) is 13.5. The first-order valence-corrected chi connectivity index (χ1v) is 19.7. The Labute approximate surface area is 308 Å². The first-order valence-electron chi connectivity index (χ1n) is 17.0. The summed E-state index contributed by atoms with van der Waals surface area (Å²) in [4.78, 5) is 29.8. The van der Waals surface area contributed by atoms with Crippen molar-refractivity contribution in [3.8, 4) is 5.75 Å². The molecule has 1 saturated carbocycles. The standard InChI is InChI=1S/C38H43BrClN3O6S/c1-38(2)37(45)42-50(46,41-36(44)25-9-13-29(39)14-10-25)31-16-18-35-33(22-31)43(23-27-12-17-32(27)34(47-3)8-6-20-49-38)19-5-4-7-26-21-30(40)15-11-28(26)24-48-35/h6,8-11,13-16,18,21-22,27,32,34H,4-5,7,12,17,19-20,23-24H2,1-3H3,(H,41,42,44,45,46)/b8-6+/t27-,32+,34-,50-/m0/s1. The number of hydrogen-bond donors (Lipinski definition) is 1. The van der Waals surface area contributed by atoms with Crippen molar-refractivity contribution in [3.63, 3.8) is 0 Å². The van der Waals surface area contributed by atoms with Gasteiger partial charge >= 0.3 is 0 Å². The molecule has 2 bridgehead atoms. The highest BCUT2D eigenvalue weighted by atomic mass is 79.9. The third kappa shape index (κ3) is 8.29. The van der Waals surface area contributed by atoms with Gasteiger partial charge in [0.2, 0.25) is 0 Å². The van der Waals surface area contributed by atoms with Crippen LogP contribution in [0.4, 0.5) is 5.69 Å². The van der Waals surface area contributed by atoms with Crippen LogP contribution in [0.15, 0.2) is 86.5 Å². The molecular weight excluding hydrogens is 742 g/mol. The maximum absolute atomic E-state index is 15.0. The van der Waals surface area contributed by atoms with E-state index in [9.17, 15) is 9.59 Å². The normalized spacial score (nSPS) is 26.1. The number of carbonyl (C=O) groups is 2. The van der Waals surface area contributed by atoms with Gasteiger partial charge in [0.15, 0.2) is 9.92 Å². The minimum atomic E-state index is -3.87. The Morgan fingerprint density at radius 2 is 1.88 bits per heavy atom. The molecule has 4 atom stereocenters. The fourth-order valence-electron chi connectivity index (χ4n) is 6.68. The van der Waals surface area contributed by atoms with E-state index in [-0.39, 0.29) is 23.2 Å². The van der Waals surface area contributed by atoms with E-state index in [2.05, 4.69) is 29.9 Å². The maximum atomic E-state index is 15.0. The molecular formula is C38H43BrClN3O6S. The van der Waals surface area contributed by atoms with Crippen LogP contribution >= 0.6 is 27.5 Å². The number of amides is 2. The molecule has 0 spiro atoms. The number of anilines is 1. The molecule has 9 nitrogen and oxygen atoms in total. The lowest BCUT2D eigenvalue weighted by Gasteiger charge is -2.43. The summed E-state index contributed by atoms with van der Waals surface area (Å²) in [6.07, 6.45) is 8.54. The summed E-state index contributed by atoms with van der Waals surface area (Å²) in [6, 6.07) is 17.7. The summed E-state index contributed by atoms with van der Waals surface area (Å²) in [7, 11) is -2.14. The fraction of sp³-hybridized carbons (Fsp3) is 0.421. The number of hydrogen-bond acceptors (Lipinski definition) is 7. The molecule has 0 radical (unpaired) electrons. The number of aryl methyl sites for hydroxylation is 1. The van der Waals surface area contributed by atoms with Crippen molar-refractivity contribution in [2.75, 3.05) is 31.7 Å². The largest absolute Gasteiger partial charge is 0.487 e. The van der Waals surface area contributed by atoms with Crippen LogP contribution in [0, 0.1) is 11.8 Å². The lowest BCUT2D eigenvalue weighted by molar-refractivity contribution is -0.137. The zero-order chi connectivity index (χ0) is 35.5. The van der Waals surface area contributed by atoms with Crippen LogP contribution in [-0.2, 0) is 37.2 Å². The molecule has 50 heavy (non-hydrogen) atoms. The SMILES string of the molecule is CO[C@H]1/C=C/COC(C)(C)C(=O)N=[S@@](=O)(NC(=O)c2ccc(Br)cc2)c2ccc3c(c2)N(CCCCc2cc(Cl)ccc2CO3)C[C@@H]2CC[C@H]21. The highest BCUT2D eigenvalue weighted by Gasteiger charge is 2.38. The number of methoxy groups -OCH3 is 1. The third-order valence-corrected chi connectivity index (χ3v) is 12.4. The van der Waals surface area contributed by atoms with Gasteiger partial charge in [0.25, 0.3) is 11.8 Å². The van der Waals surface area contributed by atoms with E-state index in [0.29, 0.717) is 29.2 Å². The predicted octanol–water partition coefficient (Wildman–Crippen LogP) is 7.93. The monoisotopic (exact) mass is 783 g/mol. The Balaban J connectivity index is 1.48. The molecule has 2 heterocycles. The third-order valence-electron chi connectivity index (χ3n) is 9.82. The Hall–Kier alpha value is -3.22. The Bertz CT molecular complexity index is 1890. The smallest absolute Gasteiger partial charge is 0.287 e. The van der Waals surface area contributed by atoms with Crippen LogP contribution in [0.3, 0.4) is 0 Å². The summed E-state index contributed by atoms with van der Waals surface area (Å²) >= 11 is 9.77. The molecule has 6 rings (SSSR count). The second kappa shape index (κ2) is 15.6. The zero-order valence-electron chi connectivity index (χ0n) is 28.5. The molecule has 0 aromatic heterocycles. The number of nitrogens with one attached hydrogen (secondary N) is 1. The Kier molecular flexibility index (Phi) is 11.4. The van der Waals surface area contributed by atoms with Gasteiger partial charge in [0.05, 0.1) is 23.3 Å². The first kappa shape index (κ1) is 36.6. The predicted molar refractivity (Wildman–Crippen MR) is 199 cm³/mol. The molecule has 0 saturated heterocycles. The summed E-state index contributed by atoms with van der Waals surface area (Å²) < 4.78 is 41.1. The van der Waals surface area contributed by atoms with E-state index in [1.165, 1.54) is 0 Å². The molecule has 12 heteroatoms. The summed E-state index contributed by atoms with van der Waals surface area (Å²) in [5, 5.41) is 0.693. The first-order chi connectivity index (χ1) is 24.0. The van der Waals surface area contributed by atoms with E-state index in [1.807, 2.05) is 30.4 Å². The van der Waals surface area contributed by atoms with Crippen LogP contribution in [0.2, 0.25) is 5.02 Å². The summed E-state index contributed by atoms with van der Waals surface area (Å²) in [5.74, 6) is -0.160. The fourth-order valence-corrected chi connectivity index (χ4v) is 8.75. The molecule has 1 fully saturated rings. The second-order valence-corrected chi connectivity index (χ2v) is 16.8. The minimum absolute atomic E-state index is 0.105. The number of ether oxygens (including phenoxy) is 3. The van der Waals surface area contributed by atoms with Crippen molar-refractivity contribution in [2.24, 2.45) is 16.2 Å². The number of carbonyl (C=O) groups excluding carboxylic acids is 2. The van der Waals surface area contributed by atoms with Crippen LogP contribution < -0.4 is 14.4 Å². The van der Waals surface area contributed by atoms with Crippen LogP contribution in [0.5, 0.6) is 5.75 Å². The Morgan fingerprint density at radius 1 is 1.08 bits per heavy atom. The van der Waals surface area contributed by atoms with Gasteiger partial charge in [-0.15, -0.1) is 4.36 Å². The average molecular weight is 785 g/mol. The number of halogens is 2. The van der Waals surface area contributed by atoms with Crippen molar-refractivity contribution in [1.82, 2.24) is 4.72 Å². The van der Waals surface area contributed by atoms with Gasteiger partial charge in [-0.2, -0.15) is 0 Å². The van der Waals surface area contributed by atoms with Crippen LogP contribution in [-0.4, -0.2) is 54.5 Å². The van der Waals surface area contributed by atoms with E-state index < -0.39 is 27.3 Å². The lowest BCUT2D eigenvalue weighted by Crippen LogP contribution is -2.44. The molecule has 2 amide bonds. The molecule has 266 valence electrons.